The molecule has 0 spiro atoms. The molecular formula is C10H13ClN4O2. The molecule has 0 fully saturated rings. The summed E-state index contributed by atoms with van der Waals surface area (Å²) in [6.45, 7) is 1.02. The van der Waals surface area contributed by atoms with Gasteiger partial charge in [-0.15, -0.1) is 0 Å². The molecule has 0 amide bonds. The maximum atomic E-state index is 10.2. The molecule has 2 aromatic heterocycles. The Morgan fingerprint density at radius 2 is 2.47 bits per heavy atom. The Labute approximate surface area is 103 Å². The largest absolute Gasteiger partial charge is 0.383 e. The van der Waals surface area contributed by atoms with Crippen molar-refractivity contribution in [1.29, 1.82) is 0 Å². The van der Waals surface area contributed by atoms with E-state index in [9.17, 15) is 5.11 Å². The van der Waals surface area contributed by atoms with E-state index in [-0.39, 0.29) is 0 Å². The minimum absolute atomic E-state index is 0.407. The fourth-order valence-corrected chi connectivity index (χ4v) is 1.80. The maximum absolute atomic E-state index is 10.2. The quantitative estimate of drug-likeness (QED) is 0.836. The van der Waals surface area contributed by atoms with Crippen LogP contribution in [0.2, 0.25) is 5.02 Å². The molecule has 0 bridgehead atoms. The first kappa shape index (κ1) is 12.1. The van der Waals surface area contributed by atoms with Crippen molar-refractivity contribution in [2.24, 2.45) is 0 Å². The van der Waals surface area contributed by atoms with E-state index in [1.165, 1.54) is 6.20 Å². The number of nitrogens with one attached hydrogen (secondary N) is 1. The fraction of sp³-hybridized carbons (Fsp3) is 0.400. The highest BCUT2D eigenvalue weighted by molar-refractivity contribution is 6.31. The lowest BCUT2D eigenvalue weighted by Gasteiger charge is -2.11. The van der Waals surface area contributed by atoms with Gasteiger partial charge < -0.3 is 14.8 Å². The van der Waals surface area contributed by atoms with Crippen LogP contribution in [0.25, 0.3) is 0 Å². The molecule has 1 unspecified atom stereocenters. The molecule has 0 aliphatic heterocycles. The number of aromatic amines is 1. The van der Waals surface area contributed by atoms with Crippen molar-refractivity contribution in [3.63, 3.8) is 0 Å². The summed E-state index contributed by atoms with van der Waals surface area (Å²) in [5, 5.41) is 14.6. The van der Waals surface area contributed by atoms with Crippen LogP contribution >= 0.6 is 11.6 Å². The number of ether oxygens (including phenoxy) is 1. The van der Waals surface area contributed by atoms with Crippen molar-refractivity contribution in [2.45, 2.75) is 12.6 Å². The predicted octanol–water partition coefficient (Wildman–Crippen LogP) is 0.988. The second kappa shape index (κ2) is 5.31. The molecule has 0 saturated heterocycles. The number of hydrogen-bond donors (Lipinski definition) is 2. The first-order valence-corrected chi connectivity index (χ1v) is 5.49. The number of aliphatic hydroxyl groups is 1. The van der Waals surface area contributed by atoms with Gasteiger partial charge in [0, 0.05) is 19.5 Å². The van der Waals surface area contributed by atoms with Crippen LogP contribution in [0, 0.1) is 0 Å². The van der Waals surface area contributed by atoms with Gasteiger partial charge >= 0.3 is 0 Å². The Balaban J connectivity index is 2.27. The van der Waals surface area contributed by atoms with Gasteiger partial charge in [-0.25, -0.2) is 4.98 Å². The summed E-state index contributed by atoms with van der Waals surface area (Å²) < 4.78 is 6.58. The van der Waals surface area contributed by atoms with E-state index in [4.69, 9.17) is 16.3 Å². The monoisotopic (exact) mass is 256 g/mol. The van der Waals surface area contributed by atoms with Crippen molar-refractivity contribution < 1.29 is 9.84 Å². The molecule has 1 atom stereocenters. The van der Waals surface area contributed by atoms with Crippen molar-refractivity contribution in [3.05, 3.63) is 35.1 Å². The normalized spacial score (nSPS) is 12.9. The van der Waals surface area contributed by atoms with Gasteiger partial charge in [0.25, 0.3) is 0 Å². The summed E-state index contributed by atoms with van der Waals surface area (Å²) in [7, 11) is 1.60. The lowest BCUT2D eigenvalue weighted by atomic mass is 10.2. The number of aliphatic hydroxyl groups excluding tert-OH is 1. The van der Waals surface area contributed by atoms with Gasteiger partial charge in [-0.2, -0.15) is 5.10 Å². The molecule has 7 heteroatoms. The number of aromatic nitrogens is 4. The predicted molar refractivity (Wildman–Crippen MR) is 61.8 cm³/mol. The topological polar surface area (TPSA) is 76.0 Å². The molecule has 0 aliphatic rings. The van der Waals surface area contributed by atoms with Gasteiger partial charge in [0.05, 0.1) is 30.1 Å². The summed E-state index contributed by atoms with van der Waals surface area (Å²) in [5.74, 6) is 0.436. The molecule has 92 valence electrons. The van der Waals surface area contributed by atoms with E-state index in [1.54, 1.807) is 24.2 Å². The molecule has 0 aliphatic carbocycles. The van der Waals surface area contributed by atoms with Crippen LogP contribution in [0.5, 0.6) is 0 Å². The smallest absolute Gasteiger partial charge is 0.154 e. The van der Waals surface area contributed by atoms with Crippen LogP contribution in [0.15, 0.2) is 18.6 Å². The van der Waals surface area contributed by atoms with Crippen LogP contribution < -0.4 is 0 Å². The first-order valence-electron chi connectivity index (χ1n) is 5.11. The van der Waals surface area contributed by atoms with E-state index in [0.29, 0.717) is 29.7 Å². The standard InChI is InChI=1S/C10H13ClN4O2/c1-17-5-4-15-8(7(11)6-14-15)9(16)10-12-2-3-13-10/h2-3,6,9,16H,4-5H2,1H3,(H,12,13). The number of methoxy groups -OCH3 is 1. The molecule has 2 heterocycles. The Hall–Kier alpha value is -1.37. The van der Waals surface area contributed by atoms with E-state index in [0.717, 1.165) is 0 Å². The zero-order chi connectivity index (χ0) is 12.3. The number of hydrogen-bond acceptors (Lipinski definition) is 4. The minimum atomic E-state index is -0.920. The summed E-state index contributed by atoms with van der Waals surface area (Å²) in [5.41, 5.74) is 0.513. The zero-order valence-electron chi connectivity index (χ0n) is 9.30. The summed E-state index contributed by atoms with van der Waals surface area (Å²) >= 11 is 6.01. The Kier molecular flexibility index (Phi) is 3.78. The fourth-order valence-electron chi connectivity index (χ4n) is 1.56. The highest BCUT2D eigenvalue weighted by Gasteiger charge is 2.21. The van der Waals surface area contributed by atoms with Crippen molar-refractivity contribution >= 4 is 11.6 Å². The number of halogens is 1. The molecule has 17 heavy (non-hydrogen) atoms. The number of H-pyrrole nitrogens is 1. The van der Waals surface area contributed by atoms with Crippen molar-refractivity contribution in [1.82, 2.24) is 19.7 Å². The van der Waals surface area contributed by atoms with Gasteiger partial charge in [0.1, 0.15) is 5.82 Å². The van der Waals surface area contributed by atoms with Crippen LogP contribution in [-0.4, -0.2) is 38.6 Å². The average molecular weight is 257 g/mol. The van der Waals surface area contributed by atoms with Gasteiger partial charge in [0.2, 0.25) is 0 Å². The van der Waals surface area contributed by atoms with Gasteiger partial charge in [-0.3, -0.25) is 4.68 Å². The molecule has 2 aromatic rings. The number of rotatable bonds is 5. The molecule has 6 nitrogen and oxygen atoms in total. The third-order valence-corrected chi connectivity index (χ3v) is 2.67. The van der Waals surface area contributed by atoms with E-state index < -0.39 is 6.10 Å². The first-order chi connectivity index (χ1) is 8.24. The van der Waals surface area contributed by atoms with Gasteiger partial charge in [0.15, 0.2) is 6.10 Å². The SMILES string of the molecule is COCCn1ncc(Cl)c1C(O)c1ncc[nH]1. The Morgan fingerprint density at radius 1 is 1.65 bits per heavy atom. The molecule has 0 aromatic carbocycles. The third kappa shape index (κ3) is 2.49. The lowest BCUT2D eigenvalue weighted by molar-refractivity contribution is 0.169. The summed E-state index contributed by atoms with van der Waals surface area (Å²) in [4.78, 5) is 6.84. The van der Waals surface area contributed by atoms with Gasteiger partial charge in [-0.05, 0) is 0 Å². The molecule has 2 N–H and O–H groups in total. The average Bonchev–Trinajstić information content (AvgIpc) is 2.95. The molecule has 0 saturated carbocycles. The van der Waals surface area contributed by atoms with E-state index >= 15 is 0 Å². The van der Waals surface area contributed by atoms with Crippen molar-refractivity contribution in [2.75, 3.05) is 13.7 Å². The number of imidazole rings is 1. The molecular weight excluding hydrogens is 244 g/mol. The second-order valence-corrected chi connectivity index (χ2v) is 3.88. The van der Waals surface area contributed by atoms with Crippen molar-refractivity contribution in [3.8, 4) is 0 Å². The number of nitrogens with zero attached hydrogens (tertiary/aromatic N) is 3. The summed E-state index contributed by atoms with van der Waals surface area (Å²) in [6.07, 6.45) is 3.79. The summed E-state index contributed by atoms with van der Waals surface area (Å²) in [6, 6.07) is 0. The zero-order valence-corrected chi connectivity index (χ0v) is 10.1. The second-order valence-electron chi connectivity index (χ2n) is 3.47. The third-order valence-electron chi connectivity index (χ3n) is 2.38. The Morgan fingerprint density at radius 3 is 3.12 bits per heavy atom. The molecule has 0 radical (unpaired) electrons. The van der Waals surface area contributed by atoms with E-state index in [2.05, 4.69) is 15.1 Å². The minimum Gasteiger partial charge on any atom is -0.383 e. The van der Waals surface area contributed by atoms with Crippen LogP contribution in [-0.2, 0) is 11.3 Å². The maximum Gasteiger partial charge on any atom is 0.154 e. The van der Waals surface area contributed by atoms with Crippen LogP contribution in [0.1, 0.15) is 17.6 Å². The van der Waals surface area contributed by atoms with Crippen LogP contribution in [0.4, 0.5) is 0 Å². The Bertz CT molecular complexity index is 469. The highest BCUT2D eigenvalue weighted by Crippen LogP contribution is 2.26. The van der Waals surface area contributed by atoms with Gasteiger partial charge in [-0.1, -0.05) is 11.6 Å². The molecule has 2 rings (SSSR count). The lowest BCUT2D eigenvalue weighted by Crippen LogP contribution is -2.14. The van der Waals surface area contributed by atoms with Crippen LogP contribution in [0.3, 0.4) is 0 Å². The highest BCUT2D eigenvalue weighted by atomic mass is 35.5. The van der Waals surface area contributed by atoms with E-state index in [1.807, 2.05) is 0 Å².